The molecule has 18 heavy (non-hydrogen) atoms. The van der Waals surface area contributed by atoms with E-state index in [1.165, 1.54) is 0 Å². The van der Waals surface area contributed by atoms with Crippen LogP contribution in [0.5, 0.6) is 0 Å². The number of aryl methyl sites for hydroxylation is 1. The second-order valence-electron chi connectivity index (χ2n) is 3.61. The number of aliphatic carboxylic acids is 1. The molecule has 1 aromatic carbocycles. The predicted octanol–water partition coefficient (Wildman–Crippen LogP) is 3.66. The summed E-state index contributed by atoms with van der Waals surface area (Å²) >= 11 is 0. The van der Waals surface area contributed by atoms with Crippen LogP contribution in [-0.2, 0) is 17.4 Å². The molecule has 0 amide bonds. The second kappa shape index (κ2) is 5.32. The normalized spacial score (nSPS) is 11.9. The second-order valence-corrected chi connectivity index (χ2v) is 3.61. The van der Waals surface area contributed by atoms with Crippen molar-refractivity contribution in [3.63, 3.8) is 0 Å². The number of carboxylic acid groups (broad SMARTS) is 1. The van der Waals surface area contributed by atoms with Crippen LogP contribution in [0, 0.1) is 0 Å². The van der Waals surface area contributed by atoms with Gasteiger partial charge >= 0.3 is 12.1 Å². The Kier molecular flexibility index (Phi) is 4.26. The fraction of sp³-hybridized carbons (Fsp3) is 0.364. The highest BCUT2D eigenvalue weighted by molar-refractivity contribution is 5.67. The number of alkyl halides is 5. The van der Waals surface area contributed by atoms with E-state index >= 15 is 0 Å². The maximum absolute atomic E-state index is 12.5. The van der Waals surface area contributed by atoms with Gasteiger partial charge in [-0.1, -0.05) is 12.1 Å². The third-order valence-corrected chi connectivity index (χ3v) is 2.29. The molecule has 0 radical (unpaired) electrons. The van der Waals surface area contributed by atoms with E-state index in [1.807, 2.05) is 0 Å². The van der Waals surface area contributed by atoms with E-state index in [4.69, 9.17) is 5.11 Å². The molecular formula is C11H9F5O2. The average molecular weight is 268 g/mol. The zero-order valence-corrected chi connectivity index (χ0v) is 8.97. The Morgan fingerprint density at radius 3 is 2.33 bits per heavy atom. The molecule has 0 heterocycles. The first-order chi connectivity index (χ1) is 8.21. The monoisotopic (exact) mass is 268 g/mol. The molecule has 0 atom stereocenters. The number of hydrogen-bond donors (Lipinski definition) is 1. The number of carboxylic acids is 1. The van der Waals surface area contributed by atoms with Gasteiger partial charge in [-0.3, -0.25) is 4.79 Å². The Morgan fingerprint density at radius 2 is 1.89 bits per heavy atom. The summed E-state index contributed by atoms with van der Waals surface area (Å²) in [7, 11) is 0. The first-order valence-corrected chi connectivity index (χ1v) is 4.91. The van der Waals surface area contributed by atoms with E-state index in [9.17, 15) is 26.7 Å². The molecule has 2 nitrogen and oxygen atoms in total. The van der Waals surface area contributed by atoms with E-state index < -0.39 is 29.7 Å². The van der Waals surface area contributed by atoms with Gasteiger partial charge in [0.2, 0.25) is 0 Å². The van der Waals surface area contributed by atoms with Crippen LogP contribution >= 0.6 is 0 Å². The lowest BCUT2D eigenvalue weighted by Crippen LogP contribution is -2.10. The van der Waals surface area contributed by atoms with E-state index in [1.54, 1.807) is 0 Å². The number of rotatable bonds is 4. The molecule has 0 aliphatic carbocycles. The van der Waals surface area contributed by atoms with Gasteiger partial charge < -0.3 is 5.11 Å². The molecule has 0 spiro atoms. The van der Waals surface area contributed by atoms with Crippen LogP contribution in [-0.4, -0.2) is 11.1 Å². The first kappa shape index (κ1) is 14.4. The van der Waals surface area contributed by atoms with Crippen LogP contribution in [0.25, 0.3) is 0 Å². The van der Waals surface area contributed by atoms with E-state index in [-0.39, 0.29) is 18.4 Å². The summed E-state index contributed by atoms with van der Waals surface area (Å²) in [5.41, 5.74) is -2.45. The third-order valence-electron chi connectivity index (χ3n) is 2.29. The largest absolute Gasteiger partial charge is 0.481 e. The minimum absolute atomic E-state index is 0.0640. The van der Waals surface area contributed by atoms with Gasteiger partial charge in [-0.05, 0) is 18.1 Å². The lowest BCUT2D eigenvalue weighted by atomic mass is 10.0. The lowest BCUT2D eigenvalue weighted by molar-refractivity contribution is -0.139. The number of halogens is 5. The molecule has 0 unspecified atom stereocenters. The zero-order valence-electron chi connectivity index (χ0n) is 8.97. The molecule has 100 valence electrons. The van der Waals surface area contributed by atoms with E-state index in [0.29, 0.717) is 12.1 Å². The summed E-state index contributed by atoms with van der Waals surface area (Å²) in [5, 5.41) is 8.40. The Morgan fingerprint density at radius 1 is 1.28 bits per heavy atom. The molecule has 1 aromatic rings. The Labute approximate surface area is 99.0 Å². The van der Waals surface area contributed by atoms with Crippen molar-refractivity contribution in [2.75, 3.05) is 0 Å². The lowest BCUT2D eigenvalue weighted by Gasteiger charge is -2.13. The highest BCUT2D eigenvalue weighted by Crippen LogP contribution is 2.36. The Balaban J connectivity index is 3.10. The minimum atomic E-state index is -4.88. The molecule has 0 fully saturated rings. The van der Waals surface area contributed by atoms with Crippen molar-refractivity contribution in [3.05, 3.63) is 34.9 Å². The van der Waals surface area contributed by atoms with E-state index in [0.717, 1.165) is 6.07 Å². The van der Waals surface area contributed by atoms with Crippen LogP contribution in [0.3, 0.4) is 0 Å². The first-order valence-electron chi connectivity index (χ1n) is 4.91. The van der Waals surface area contributed by atoms with Crippen molar-refractivity contribution < 1.29 is 31.9 Å². The quantitative estimate of drug-likeness (QED) is 0.846. The van der Waals surface area contributed by atoms with Crippen LogP contribution in [0.2, 0.25) is 0 Å². The fourth-order valence-corrected chi connectivity index (χ4v) is 1.45. The predicted molar refractivity (Wildman–Crippen MR) is 52.4 cm³/mol. The minimum Gasteiger partial charge on any atom is -0.481 e. The van der Waals surface area contributed by atoms with Gasteiger partial charge in [-0.15, -0.1) is 0 Å². The van der Waals surface area contributed by atoms with Crippen molar-refractivity contribution >= 4 is 5.97 Å². The molecule has 0 saturated carbocycles. The number of benzene rings is 1. The summed E-state index contributed by atoms with van der Waals surface area (Å²) in [6, 6.07) is 2.34. The summed E-state index contributed by atoms with van der Waals surface area (Å²) in [6.07, 6.45) is -8.60. The van der Waals surface area contributed by atoms with Crippen molar-refractivity contribution in [2.45, 2.75) is 25.4 Å². The maximum atomic E-state index is 12.5. The van der Waals surface area contributed by atoms with Gasteiger partial charge in [0.15, 0.2) is 0 Å². The highest BCUT2D eigenvalue weighted by atomic mass is 19.4. The summed E-state index contributed by atoms with van der Waals surface area (Å²) in [5.74, 6) is -1.17. The number of hydrogen-bond acceptors (Lipinski definition) is 1. The topological polar surface area (TPSA) is 37.3 Å². The van der Waals surface area contributed by atoms with Crippen molar-refractivity contribution in [1.82, 2.24) is 0 Å². The molecule has 0 bridgehead atoms. The summed E-state index contributed by atoms with van der Waals surface area (Å²) < 4.78 is 62.4. The van der Waals surface area contributed by atoms with Gasteiger partial charge in [0.1, 0.15) is 0 Å². The van der Waals surface area contributed by atoms with Crippen molar-refractivity contribution in [3.8, 4) is 0 Å². The molecule has 0 aliphatic heterocycles. The third kappa shape index (κ3) is 3.68. The molecule has 1 N–H and O–H groups in total. The van der Waals surface area contributed by atoms with Crippen LogP contribution in [0.15, 0.2) is 18.2 Å². The van der Waals surface area contributed by atoms with Gasteiger partial charge in [0, 0.05) is 12.0 Å². The molecular weight excluding hydrogens is 259 g/mol. The van der Waals surface area contributed by atoms with E-state index in [2.05, 4.69) is 0 Å². The fourth-order valence-electron chi connectivity index (χ4n) is 1.45. The smallest absolute Gasteiger partial charge is 0.416 e. The summed E-state index contributed by atoms with van der Waals surface area (Å²) in [6.45, 7) is 0. The molecule has 0 aromatic heterocycles. The molecule has 7 heteroatoms. The Bertz CT molecular complexity index is 440. The number of carbonyl (C=O) groups is 1. The summed E-state index contributed by atoms with van der Waals surface area (Å²) in [4.78, 5) is 10.3. The maximum Gasteiger partial charge on any atom is 0.416 e. The van der Waals surface area contributed by atoms with Gasteiger partial charge in [0.05, 0.1) is 5.56 Å². The van der Waals surface area contributed by atoms with Gasteiger partial charge in [-0.2, -0.15) is 13.2 Å². The molecule has 0 saturated heterocycles. The Hall–Kier alpha value is -1.66. The van der Waals surface area contributed by atoms with Crippen LogP contribution < -0.4 is 0 Å². The molecule has 1 rings (SSSR count). The average Bonchev–Trinajstić information content (AvgIpc) is 2.24. The highest BCUT2D eigenvalue weighted by Gasteiger charge is 2.35. The zero-order chi connectivity index (χ0) is 13.9. The van der Waals surface area contributed by atoms with Gasteiger partial charge in [0.25, 0.3) is 6.43 Å². The van der Waals surface area contributed by atoms with Crippen LogP contribution in [0.1, 0.15) is 29.5 Å². The standard InChI is InChI=1S/C11H9F5O2/c12-10(13)7-3-1-6(2-4-9(17)18)5-8(7)11(14,15)16/h1,3,5,10H,2,4H2,(H,17,18). The van der Waals surface area contributed by atoms with Crippen LogP contribution in [0.4, 0.5) is 22.0 Å². The van der Waals surface area contributed by atoms with Gasteiger partial charge in [-0.25, -0.2) is 8.78 Å². The van der Waals surface area contributed by atoms with Crippen molar-refractivity contribution in [1.29, 1.82) is 0 Å². The SMILES string of the molecule is O=C(O)CCc1ccc(C(F)F)c(C(F)(F)F)c1. The van der Waals surface area contributed by atoms with Crippen molar-refractivity contribution in [2.24, 2.45) is 0 Å². The molecule has 0 aliphatic rings.